The van der Waals surface area contributed by atoms with Crippen LogP contribution in [0.3, 0.4) is 0 Å². The minimum absolute atomic E-state index is 0.00590. The summed E-state index contributed by atoms with van der Waals surface area (Å²) in [6, 6.07) is 6.15. The molecule has 0 amide bonds. The predicted octanol–water partition coefficient (Wildman–Crippen LogP) is 1.08. The molecule has 1 aromatic heterocycles. The number of rotatable bonds is 3. The highest BCUT2D eigenvalue weighted by atomic mass is 19.1. The fourth-order valence-electron chi connectivity index (χ4n) is 1.29. The van der Waals surface area contributed by atoms with Gasteiger partial charge in [0, 0.05) is 5.56 Å². The summed E-state index contributed by atoms with van der Waals surface area (Å²) in [6.45, 7) is 0.397. The zero-order valence-corrected chi connectivity index (χ0v) is 7.97. The van der Waals surface area contributed by atoms with E-state index in [4.69, 9.17) is 5.11 Å². The van der Waals surface area contributed by atoms with Crippen molar-refractivity contribution in [1.82, 2.24) is 15.0 Å². The van der Waals surface area contributed by atoms with Gasteiger partial charge in [0.1, 0.15) is 11.5 Å². The van der Waals surface area contributed by atoms with E-state index in [0.29, 0.717) is 17.8 Å². The number of halogens is 1. The molecule has 2 aromatic rings. The third-order valence-corrected chi connectivity index (χ3v) is 1.99. The monoisotopic (exact) mass is 207 g/mol. The second-order valence-corrected chi connectivity index (χ2v) is 3.10. The van der Waals surface area contributed by atoms with E-state index in [0.717, 1.165) is 0 Å². The minimum atomic E-state index is -0.302. The van der Waals surface area contributed by atoms with Crippen LogP contribution in [0, 0.1) is 5.82 Å². The molecular weight excluding hydrogens is 197 g/mol. The minimum Gasteiger partial charge on any atom is -0.394 e. The van der Waals surface area contributed by atoms with Gasteiger partial charge >= 0.3 is 0 Å². The standard InChI is InChI=1S/C10H10FN3O/c11-9-3-1-2-8(6-9)10-7-14(4-5-15)13-12-10/h1-3,6-7,15H,4-5H2. The van der Waals surface area contributed by atoms with E-state index >= 15 is 0 Å². The molecule has 0 aliphatic rings. The molecule has 0 aliphatic carbocycles. The van der Waals surface area contributed by atoms with Crippen molar-refractivity contribution in [3.63, 3.8) is 0 Å². The van der Waals surface area contributed by atoms with Gasteiger partial charge in [0.2, 0.25) is 0 Å². The summed E-state index contributed by atoms with van der Waals surface area (Å²) in [6.07, 6.45) is 1.67. The topological polar surface area (TPSA) is 50.9 Å². The Morgan fingerprint density at radius 1 is 1.40 bits per heavy atom. The molecule has 1 aromatic carbocycles. The Kier molecular flexibility index (Phi) is 2.73. The maximum Gasteiger partial charge on any atom is 0.123 e. The maximum absolute atomic E-state index is 12.9. The first-order valence-corrected chi connectivity index (χ1v) is 4.56. The normalized spacial score (nSPS) is 10.5. The number of aliphatic hydroxyl groups excluding tert-OH is 1. The SMILES string of the molecule is OCCn1cc(-c2cccc(F)c2)nn1. The summed E-state index contributed by atoms with van der Waals surface area (Å²) < 4.78 is 14.4. The van der Waals surface area contributed by atoms with Crippen LogP contribution in [-0.4, -0.2) is 26.7 Å². The van der Waals surface area contributed by atoms with Gasteiger partial charge in [-0.05, 0) is 12.1 Å². The quantitative estimate of drug-likeness (QED) is 0.819. The lowest BCUT2D eigenvalue weighted by atomic mass is 10.2. The summed E-state index contributed by atoms with van der Waals surface area (Å²) in [4.78, 5) is 0. The lowest BCUT2D eigenvalue weighted by Crippen LogP contribution is -2.01. The van der Waals surface area contributed by atoms with E-state index < -0.39 is 0 Å². The van der Waals surface area contributed by atoms with Crippen LogP contribution in [0.25, 0.3) is 11.3 Å². The number of nitrogens with zero attached hydrogens (tertiary/aromatic N) is 3. The Labute approximate surface area is 86.0 Å². The smallest absolute Gasteiger partial charge is 0.123 e. The van der Waals surface area contributed by atoms with Gasteiger partial charge in [0.05, 0.1) is 19.3 Å². The first-order valence-electron chi connectivity index (χ1n) is 4.56. The molecule has 15 heavy (non-hydrogen) atoms. The van der Waals surface area contributed by atoms with E-state index in [1.165, 1.54) is 16.8 Å². The molecule has 0 aliphatic heterocycles. The molecule has 2 rings (SSSR count). The van der Waals surface area contributed by atoms with Gasteiger partial charge in [-0.25, -0.2) is 9.07 Å². The van der Waals surface area contributed by atoms with Crippen LogP contribution in [-0.2, 0) is 6.54 Å². The van der Waals surface area contributed by atoms with Crippen molar-refractivity contribution in [2.24, 2.45) is 0 Å². The fraction of sp³-hybridized carbons (Fsp3) is 0.200. The third-order valence-electron chi connectivity index (χ3n) is 1.99. The first-order chi connectivity index (χ1) is 7.29. The van der Waals surface area contributed by atoms with Crippen LogP contribution in [0.4, 0.5) is 4.39 Å². The van der Waals surface area contributed by atoms with Gasteiger partial charge < -0.3 is 5.11 Å². The van der Waals surface area contributed by atoms with Crippen molar-refractivity contribution in [3.05, 3.63) is 36.3 Å². The van der Waals surface area contributed by atoms with Gasteiger partial charge in [0.15, 0.2) is 0 Å². The van der Waals surface area contributed by atoms with Crippen LogP contribution in [0.15, 0.2) is 30.5 Å². The fourth-order valence-corrected chi connectivity index (χ4v) is 1.29. The molecule has 1 heterocycles. The Morgan fingerprint density at radius 2 is 2.27 bits per heavy atom. The van der Waals surface area contributed by atoms with E-state index in [9.17, 15) is 4.39 Å². The van der Waals surface area contributed by atoms with E-state index in [2.05, 4.69) is 10.3 Å². The summed E-state index contributed by atoms with van der Waals surface area (Å²) in [7, 11) is 0. The summed E-state index contributed by atoms with van der Waals surface area (Å²) in [5.41, 5.74) is 1.28. The van der Waals surface area contributed by atoms with Crippen molar-refractivity contribution >= 4 is 0 Å². The molecule has 0 fully saturated rings. The molecule has 0 unspecified atom stereocenters. The van der Waals surface area contributed by atoms with Crippen LogP contribution < -0.4 is 0 Å². The highest BCUT2D eigenvalue weighted by molar-refractivity contribution is 5.57. The Bertz CT molecular complexity index is 455. The van der Waals surface area contributed by atoms with Crippen molar-refractivity contribution in [2.45, 2.75) is 6.54 Å². The molecule has 0 spiro atoms. The summed E-state index contributed by atoms with van der Waals surface area (Å²) >= 11 is 0. The highest BCUT2D eigenvalue weighted by Gasteiger charge is 2.03. The Balaban J connectivity index is 2.29. The summed E-state index contributed by atoms with van der Waals surface area (Å²) in [5.74, 6) is -0.302. The number of aromatic nitrogens is 3. The lowest BCUT2D eigenvalue weighted by Gasteiger charge is -1.95. The van der Waals surface area contributed by atoms with Crippen LogP contribution in [0.1, 0.15) is 0 Å². The average molecular weight is 207 g/mol. The predicted molar refractivity (Wildman–Crippen MR) is 52.5 cm³/mol. The van der Waals surface area contributed by atoms with Gasteiger partial charge in [0.25, 0.3) is 0 Å². The molecule has 0 atom stereocenters. The number of benzene rings is 1. The van der Waals surface area contributed by atoms with E-state index in [1.54, 1.807) is 18.3 Å². The van der Waals surface area contributed by atoms with Gasteiger partial charge in [-0.3, -0.25) is 0 Å². The molecule has 0 bridgehead atoms. The summed E-state index contributed by atoms with van der Waals surface area (Å²) in [5, 5.41) is 16.4. The molecular formula is C10H10FN3O. The average Bonchev–Trinajstić information content (AvgIpc) is 2.67. The van der Waals surface area contributed by atoms with Gasteiger partial charge in [-0.15, -0.1) is 5.10 Å². The zero-order valence-electron chi connectivity index (χ0n) is 7.97. The zero-order chi connectivity index (χ0) is 10.7. The number of aliphatic hydroxyl groups is 1. The van der Waals surface area contributed by atoms with Crippen LogP contribution >= 0.6 is 0 Å². The van der Waals surface area contributed by atoms with Gasteiger partial charge in [-0.1, -0.05) is 17.3 Å². The molecule has 4 nitrogen and oxygen atoms in total. The Morgan fingerprint density at radius 3 is 3.00 bits per heavy atom. The number of hydrogen-bond acceptors (Lipinski definition) is 3. The van der Waals surface area contributed by atoms with Crippen molar-refractivity contribution in [1.29, 1.82) is 0 Å². The molecule has 0 radical (unpaired) electrons. The third kappa shape index (κ3) is 2.19. The molecule has 5 heteroatoms. The van der Waals surface area contributed by atoms with Gasteiger partial charge in [-0.2, -0.15) is 0 Å². The largest absolute Gasteiger partial charge is 0.394 e. The molecule has 0 saturated heterocycles. The van der Waals surface area contributed by atoms with E-state index in [1.807, 2.05) is 0 Å². The van der Waals surface area contributed by atoms with Crippen LogP contribution in [0.5, 0.6) is 0 Å². The molecule has 1 N–H and O–H groups in total. The van der Waals surface area contributed by atoms with Crippen molar-refractivity contribution in [3.8, 4) is 11.3 Å². The number of hydrogen-bond donors (Lipinski definition) is 1. The van der Waals surface area contributed by atoms with E-state index in [-0.39, 0.29) is 12.4 Å². The van der Waals surface area contributed by atoms with Crippen molar-refractivity contribution in [2.75, 3.05) is 6.61 Å². The van der Waals surface area contributed by atoms with Crippen molar-refractivity contribution < 1.29 is 9.50 Å². The second-order valence-electron chi connectivity index (χ2n) is 3.10. The second kappa shape index (κ2) is 4.18. The Hall–Kier alpha value is -1.75. The molecule has 78 valence electrons. The van der Waals surface area contributed by atoms with Crippen LogP contribution in [0.2, 0.25) is 0 Å². The highest BCUT2D eigenvalue weighted by Crippen LogP contribution is 2.16. The lowest BCUT2D eigenvalue weighted by molar-refractivity contribution is 0.268. The molecule has 0 saturated carbocycles. The first kappa shape index (κ1) is 9.79. The maximum atomic E-state index is 12.9.